The fourth-order valence-corrected chi connectivity index (χ4v) is 1.48. The fraction of sp³-hybridized carbons (Fsp3) is 1.00. The third-order valence-corrected chi connectivity index (χ3v) is 2.09. The van der Waals surface area contributed by atoms with Crippen molar-refractivity contribution in [3.05, 3.63) is 0 Å². The number of halogens is 2. The predicted molar refractivity (Wildman–Crippen MR) is 32.5 cm³/mol. The summed E-state index contributed by atoms with van der Waals surface area (Å²) in [5.41, 5.74) is 0. The minimum Gasteiger partial charge on any atom is -0.210 e. The van der Waals surface area contributed by atoms with Crippen LogP contribution in [0.25, 0.3) is 0 Å². The Bertz CT molecular complexity index is 90.9. The second-order valence-electron chi connectivity index (χ2n) is 3.01. The molecule has 0 nitrogen and oxygen atoms in total. The van der Waals surface area contributed by atoms with Gasteiger partial charge in [0, 0.05) is 5.92 Å². The third-order valence-electron chi connectivity index (χ3n) is 2.09. The molecular formula is C7H12F2. The lowest BCUT2D eigenvalue weighted by atomic mass is 10.1. The van der Waals surface area contributed by atoms with Crippen molar-refractivity contribution in [2.24, 2.45) is 11.8 Å². The van der Waals surface area contributed by atoms with Crippen molar-refractivity contribution in [3.63, 3.8) is 0 Å². The van der Waals surface area contributed by atoms with Crippen LogP contribution in [0.4, 0.5) is 8.78 Å². The maximum Gasteiger partial charge on any atom is 0.241 e. The van der Waals surface area contributed by atoms with Crippen LogP contribution in [0.5, 0.6) is 0 Å². The van der Waals surface area contributed by atoms with Gasteiger partial charge in [0.2, 0.25) is 6.43 Å². The topological polar surface area (TPSA) is 0 Å². The molecule has 0 saturated heterocycles. The Kier molecular flexibility index (Phi) is 2.04. The Labute approximate surface area is 54.3 Å². The average Bonchev–Trinajstić information content (AvgIpc) is 2.14. The van der Waals surface area contributed by atoms with E-state index in [1.165, 1.54) is 0 Å². The molecule has 1 fully saturated rings. The summed E-state index contributed by atoms with van der Waals surface area (Å²) >= 11 is 0. The second kappa shape index (κ2) is 2.63. The maximum absolute atomic E-state index is 11.9. The molecule has 1 rings (SSSR count). The monoisotopic (exact) mass is 134 g/mol. The van der Waals surface area contributed by atoms with E-state index in [1.54, 1.807) is 0 Å². The van der Waals surface area contributed by atoms with E-state index >= 15 is 0 Å². The predicted octanol–water partition coefficient (Wildman–Crippen LogP) is 2.69. The minimum atomic E-state index is -2.07. The van der Waals surface area contributed by atoms with Crippen molar-refractivity contribution in [3.8, 4) is 0 Å². The highest BCUT2D eigenvalue weighted by atomic mass is 19.3. The largest absolute Gasteiger partial charge is 0.241 e. The molecule has 0 unspecified atom stereocenters. The van der Waals surface area contributed by atoms with Crippen molar-refractivity contribution < 1.29 is 8.78 Å². The number of hydrogen-bond donors (Lipinski definition) is 0. The Morgan fingerprint density at radius 3 is 2.22 bits per heavy atom. The summed E-state index contributed by atoms with van der Waals surface area (Å²) in [6, 6.07) is 0. The molecular weight excluding hydrogens is 122 g/mol. The van der Waals surface area contributed by atoms with Gasteiger partial charge in [0.05, 0.1) is 0 Å². The van der Waals surface area contributed by atoms with Gasteiger partial charge in [-0.15, -0.1) is 0 Å². The van der Waals surface area contributed by atoms with Gasteiger partial charge < -0.3 is 0 Å². The van der Waals surface area contributed by atoms with Crippen molar-refractivity contribution in [2.45, 2.75) is 32.6 Å². The third kappa shape index (κ3) is 1.63. The van der Waals surface area contributed by atoms with Crippen LogP contribution < -0.4 is 0 Å². The Morgan fingerprint density at radius 1 is 1.33 bits per heavy atom. The number of rotatable bonds is 1. The zero-order valence-corrected chi connectivity index (χ0v) is 5.61. The van der Waals surface area contributed by atoms with Crippen LogP contribution >= 0.6 is 0 Å². The highest BCUT2D eigenvalue weighted by Gasteiger charge is 2.28. The van der Waals surface area contributed by atoms with Gasteiger partial charge in [0.15, 0.2) is 0 Å². The van der Waals surface area contributed by atoms with Gasteiger partial charge in [0.25, 0.3) is 0 Å². The van der Waals surface area contributed by atoms with Crippen LogP contribution in [0.15, 0.2) is 0 Å². The first-order chi connectivity index (χ1) is 4.20. The smallest absolute Gasteiger partial charge is 0.210 e. The summed E-state index contributed by atoms with van der Waals surface area (Å²) in [5.74, 6) is 0.240. The lowest BCUT2D eigenvalue weighted by molar-refractivity contribution is 0.0789. The quantitative estimate of drug-likeness (QED) is 0.517. The molecule has 2 heteroatoms. The zero-order valence-electron chi connectivity index (χ0n) is 5.61. The molecule has 0 radical (unpaired) electrons. The fourth-order valence-electron chi connectivity index (χ4n) is 1.48. The normalized spacial score (nSPS) is 36.0. The van der Waals surface area contributed by atoms with E-state index in [0.717, 1.165) is 19.3 Å². The van der Waals surface area contributed by atoms with E-state index in [9.17, 15) is 8.78 Å². The highest BCUT2D eigenvalue weighted by molar-refractivity contribution is 4.73. The Hall–Kier alpha value is -0.140. The molecule has 0 aliphatic heterocycles. The molecule has 0 heterocycles. The van der Waals surface area contributed by atoms with E-state index < -0.39 is 6.43 Å². The molecule has 1 saturated carbocycles. The van der Waals surface area contributed by atoms with E-state index in [-0.39, 0.29) is 5.92 Å². The van der Waals surface area contributed by atoms with Crippen molar-refractivity contribution in [1.29, 1.82) is 0 Å². The molecule has 0 N–H and O–H groups in total. The van der Waals surface area contributed by atoms with Crippen LogP contribution in [-0.4, -0.2) is 6.43 Å². The van der Waals surface area contributed by atoms with E-state index in [4.69, 9.17) is 0 Å². The van der Waals surface area contributed by atoms with E-state index in [1.807, 2.05) is 6.92 Å². The standard InChI is InChI=1S/C7H12F2/c1-5-2-3-6(4-5)7(8)9/h5-7H,2-4H2,1H3/t5-,6+/m0/s1. The molecule has 0 amide bonds. The van der Waals surface area contributed by atoms with Gasteiger partial charge in [-0.05, 0) is 18.8 Å². The summed E-state index contributed by atoms with van der Waals surface area (Å²) in [6.45, 7) is 2.04. The van der Waals surface area contributed by atoms with Gasteiger partial charge in [-0.2, -0.15) is 0 Å². The summed E-state index contributed by atoms with van der Waals surface area (Å²) in [7, 11) is 0. The molecule has 2 atom stereocenters. The summed E-state index contributed by atoms with van der Waals surface area (Å²) in [5, 5.41) is 0. The van der Waals surface area contributed by atoms with Crippen LogP contribution in [0.1, 0.15) is 26.2 Å². The average molecular weight is 134 g/mol. The molecule has 0 spiro atoms. The molecule has 9 heavy (non-hydrogen) atoms. The number of alkyl halides is 2. The Balaban J connectivity index is 2.30. The van der Waals surface area contributed by atoms with E-state index in [2.05, 4.69) is 0 Å². The highest BCUT2D eigenvalue weighted by Crippen LogP contribution is 2.34. The van der Waals surface area contributed by atoms with Crippen LogP contribution in [0.3, 0.4) is 0 Å². The summed E-state index contributed by atoms with van der Waals surface area (Å²) < 4.78 is 23.8. The Morgan fingerprint density at radius 2 is 2.00 bits per heavy atom. The van der Waals surface area contributed by atoms with E-state index in [0.29, 0.717) is 5.92 Å². The first-order valence-corrected chi connectivity index (χ1v) is 3.48. The summed E-state index contributed by atoms with van der Waals surface area (Å²) in [6.07, 6.45) is 0.390. The van der Waals surface area contributed by atoms with Crippen molar-refractivity contribution >= 4 is 0 Å². The van der Waals surface area contributed by atoms with Gasteiger partial charge in [-0.3, -0.25) is 0 Å². The maximum atomic E-state index is 11.9. The molecule has 0 aromatic heterocycles. The molecule has 1 aliphatic rings. The first kappa shape index (κ1) is 6.97. The van der Waals surface area contributed by atoms with Crippen LogP contribution in [-0.2, 0) is 0 Å². The van der Waals surface area contributed by atoms with Gasteiger partial charge in [-0.1, -0.05) is 13.3 Å². The number of hydrogen-bond acceptors (Lipinski definition) is 0. The molecule has 1 aliphatic carbocycles. The first-order valence-electron chi connectivity index (χ1n) is 3.48. The SMILES string of the molecule is C[C@H]1CC[C@@H](C(F)F)C1. The zero-order chi connectivity index (χ0) is 6.85. The lowest BCUT2D eigenvalue weighted by Gasteiger charge is -2.05. The van der Waals surface area contributed by atoms with Crippen molar-refractivity contribution in [1.82, 2.24) is 0 Å². The van der Waals surface area contributed by atoms with Crippen LogP contribution in [0, 0.1) is 11.8 Å². The summed E-state index contributed by atoms with van der Waals surface area (Å²) in [4.78, 5) is 0. The molecule has 54 valence electrons. The molecule has 0 aromatic carbocycles. The van der Waals surface area contributed by atoms with Gasteiger partial charge in [-0.25, -0.2) is 8.78 Å². The molecule has 0 bridgehead atoms. The minimum absolute atomic E-state index is 0.292. The van der Waals surface area contributed by atoms with Crippen molar-refractivity contribution in [2.75, 3.05) is 0 Å². The van der Waals surface area contributed by atoms with Crippen LogP contribution in [0.2, 0.25) is 0 Å². The molecule has 0 aromatic rings. The lowest BCUT2D eigenvalue weighted by Crippen LogP contribution is -2.05. The second-order valence-corrected chi connectivity index (χ2v) is 3.01. The van der Waals surface area contributed by atoms with Gasteiger partial charge >= 0.3 is 0 Å². The van der Waals surface area contributed by atoms with Gasteiger partial charge in [0.1, 0.15) is 0 Å².